The van der Waals surface area contributed by atoms with Crippen LogP contribution in [0.4, 0.5) is 5.69 Å². The molecule has 2 aliphatic rings. The van der Waals surface area contributed by atoms with Crippen LogP contribution in [0.25, 0.3) is 0 Å². The van der Waals surface area contributed by atoms with Crippen molar-refractivity contribution in [1.29, 1.82) is 0 Å². The molecule has 1 aliphatic carbocycles. The van der Waals surface area contributed by atoms with Crippen LogP contribution in [0.15, 0.2) is 54.6 Å². The first kappa shape index (κ1) is 14.8. The molecule has 0 bridgehead atoms. The summed E-state index contributed by atoms with van der Waals surface area (Å²) in [5.74, 6) is 0.498. The predicted molar refractivity (Wildman–Crippen MR) is 92.7 cm³/mol. The Morgan fingerprint density at radius 3 is 2.75 bits per heavy atom. The molecule has 0 saturated carbocycles. The van der Waals surface area contributed by atoms with Crippen LogP contribution < -0.4 is 10.1 Å². The largest absolute Gasteiger partial charge is 0.495 e. The molecule has 2 aromatic carbocycles. The smallest absolute Gasteiger partial charge is 0.336 e. The number of benzene rings is 2. The number of nitrogens with one attached hydrogen (secondary N) is 1. The maximum atomic E-state index is 11.7. The summed E-state index contributed by atoms with van der Waals surface area (Å²) in [5, 5.41) is 13.1. The molecule has 1 heterocycles. The fourth-order valence-electron chi connectivity index (χ4n) is 4.03. The van der Waals surface area contributed by atoms with Gasteiger partial charge in [-0.05, 0) is 35.6 Å². The molecule has 0 fully saturated rings. The van der Waals surface area contributed by atoms with Crippen LogP contribution in [0.3, 0.4) is 0 Å². The lowest BCUT2D eigenvalue weighted by Gasteiger charge is -2.38. The lowest BCUT2D eigenvalue weighted by molar-refractivity contribution is 0.0694. The first-order valence-electron chi connectivity index (χ1n) is 8.13. The van der Waals surface area contributed by atoms with Crippen LogP contribution in [0.1, 0.15) is 39.9 Å². The highest BCUT2D eigenvalue weighted by atomic mass is 16.5. The second kappa shape index (κ2) is 5.71. The van der Waals surface area contributed by atoms with Crippen LogP contribution in [0, 0.1) is 5.92 Å². The fourth-order valence-corrected chi connectivity index (χ4v) is 4.03. The lowest BCUT2D eigenvalue weighted by atomic mass is 9.76. The topological polar surface area (TPSA) is 58.6 Å². The summed E-state index contributed by atoms with van der Waals surface area (Å²) in [6, 6.07) is 13.3. The van der Waals surface area contributed by atoms with Crippen molar-refractivity contribution in [2.24, 2.45) is 5.92 Å². The van der Waals surface area contributed by atoms with Gasteiger partial charge < -0.3 is 15.2 Å². The summed E-state index contributed by atoms with van der Waals surface area (Å²) in [4.78, 5) is 11.7. The third-order valence-electron chi connectivity index (χ3n) is 5.10. The van der Waals surface area contributed by atoms with E-state index < -0.39 is 5.97 Å². The van der Waals surface area contributed by atoms with Gasteiger partial charge in [-0.3, -0.25) is 0 Å². The van der Waals surface area contributed by atoms with Crippen LogP contribution in [-0.2, 0) is 0 Å². The van der Waals surface area contributed by atoms with Gasteiger partial charge in [-0.2, -0.15) is 0 Å². The Balaban J connectivity index is 1.86. The van der Waals surface area contributed by atoms with Gasteiger partial charge in [0.25, 0.3) is 0 Å². The van der Waals surface area contributed by atoms with E-state index in [4.69, 9.17) is 4.74 Å². The molecule has 0 amide bonds. The SMILES string of the molecule is COc1cccc2c1N[C@H](c1ccccc1C(=O)O)[C@H]1CC=C[C@H]21. The van der Waals surface area contributed by atoms with Gasteiger partial charge in [0.2, 0.25) is 0 Å². The van der Waals surface area contributed by atoms with Crippen molar-refractivity contribution in [3.05, 3.63) is 71.3 Å². The molecule has 4 nitrogen and oxygen atoms in total. The van der Waals surface area contributed by atoms with Crippen LogP contribution in [0.2, 0.25) is 0 Å². The van der Waals surface area contributed by atoms with Crippen molar-refractivity contribution in [2.45, 2.75) is 18.4 Å². The van der Waals surface area contributed by atoms with E-state index in [-0.39, 0.29) is 12.0 Å². The van der Waals surface area contributed by atoms with Crippen LogP contribution in [-0.4, -0.2) is 18.2 Å². The number of carboxylic acid groups (broad SMARTS) is 1. The summed E-state index contributed by atoms with van der Waals surface area (Å²) in [6.45, 7) is 0. The highest BCUT2D eigenvalue weighted by Crippen LogP contribution is 2.52. The third-order valence-corrected chi connectivity index (χ3v) is 5.10. The van der Waals surface area contributed by atoms with E-state index in [0.29, 0.717) is 11.5 Å². The molecule has 4 rings (SSSR count). The van der Waals surface area contributed by atoms with E-state index in [1.54, 1.807) is 19.2 Å². The van der Waals surface area contributed by atoms with Gasteiger partial charge in [0, 0.05) is 5.92 Å². The van der Waals surface area contributed by atoms with Gasteiger partial charge in [-0.15, -0.1) is 0 Å². The minimum Gasteiger partial charge on any atom is -0.495 e. The number of anilines is 1. The number of rotatable bonds is 3. The Morgan fingerprint density at radius 1 is 1.17 bits per heavy atom. The van der Waals surface area contributed by atoms with Crippen molar-refractivity contribution in [1.82, 2.24) is 0 Å². The number of carbonyl (C=O) groups is 1. The molecule has 0 radical (unpaired) electrons. The number of allylic oxidation sites excluding steroid dienone is 2. The van der Waals surface area contributed by atoms with E-state index >= 15 is 0 Å². The number of aromatic carboxylic acids is 1. The van der Waals surface area contributed by atoms with Gasteiger partial charge in [-0.1, -0.05) is 42.5 Å². The Kier molecular flexibility index (Phi) is 3.53. The number of hydrogen-bond acceptors (Lipinski definition) is 3. The second-order valence-electron chi connectivity index (χ2n) is 6.29. The van der Waals surface area contributed by atoms with E-state index in [0.717, 1.165) is 23.4 Å². The number of hydrogen-bond donors (Lipinski definition) is 2. The average molecular weight is 321 g/mol. The Labute approximate surface area is 140 Å². The van der Waals surface area contributed by atoms with Crippen molar-refractivity contribution in [3.8, 4) is 5.75 Å². The zero-order valence-electron chi connectivity index (χ0n) is 13.4. The van der Waals surface area contributed by atoms with Gasteiger partial charge in [0.05, 0.1) is 24.4 Å². The number of ether oxygens (including phenoxy) is 1. The van der Waals surface area contributed by atoms with Crippen molar-refractivity contribution >= 4 is 11.7 Å². The predicted octanol–water partition coefficient (Wildman–Crippen LogP) is 4.22. The normalized spacial score (nSPS) is 24.0. The molecule has 2 aromatic rings. The van der Waals surface area contributed by atoms with Crippen molar-refractivity contribution in [3.63, 3.8) is 0 Å². The monoisotopic (exact) mass is 321 g/mol. The molecule has 4 heteroatoms. The molecule has 1 aliphatic heterocycles. The highest BCUT2D eigenvalue weighted by Gasteiger charge is 2.40. The minimum atomic E-state index is -0.888. The van der Waals surface area contributed by atoms with Crippen molar-refractivity contribution < 1.29 is 14.6 Å². The van der Waals surface area contributed by atoms with Crippen molar-refractivity contribution in [2.75, 3.05) is 12.4 Å². The maximum absolute atomic E-state index is 11.7. The number of fused-ring (bicyclic) bond motifs is 3. The summed E-state index contributed by atoms with van der Waals surface area (Å²) >= 11 is 0. The molecular formula is C20H19NO3. The lowest BCUT2D eigenvalue weighted by Crippen LogP contribution is -2.30. The second-order valence-corrected chi connectivity index (χ2v) is 6.29. The number of para-hydroxylation sites is 1. The number of methoxy groups -OCH3 is 1. The first-order chi connectivity index (χ1) is 11.7. The van der Waals surface area contributed by atoms with Gasteiger partial charge in [0.1, 0.15) is 5.75 Å². The fraction of sp³-hybridized carbons (Fsp3) is 0.250. The van der Waals surface area contributed by atoms with Crippen LogP contribution in [0.5, 0.6) is 5.75 Å². The first-order valence-corrected chi connectivity index (χ1v) is 8.13. The Morgan fingerprint density at radius 2 is 1.96 bits per heavy atom. The van der Waals surface area contributed by atoms with Gasteiger partial charge in [-0.25, -0.2) is 4.79 Å². The summed E-state index contributed by atoms with van der Waals surface area (Å²) in [6.07, 6.45) is 5.37. The molecule has 0 saturated heterocycles. The summed E-state index contributed by atoms with van der Waals surface area (Å²) < 4.78 is 5.52. The van der Waals surface area contributed by atoms with Crippen LogP contribution >= 0.6 is 0 Å². The zero-order chi connectivity index (χ0) is 16.7. The van der Waals surface area contributed by atoms with Gasteiger partial charge >= 0.3 is 5.97 Å². The van der Waals surface area contributed by atoms with Gasteiger partial charge in [0.15, 0.2) is 0 Å². The quantitative estimate of drug-likeness (QED) is 0.831. The molecule has 122 valence electrons. The standard InChI is InChI=1S/C20H19NO3/c1-24-17-11-5-10-14-12-8-4-9-13(12)18(21-19(14)17)15-6-2-3-7-16(15)20(22)23/h2-8,10-13,18,21H,9H2,1H3,(H,22,23)/t12-,13-,18-/m0/s1. The van der Waals surface area contributed by atoms with E-state index in [1.807, 2.05) is 24.3 Å². The minimum absolute atomic E-state index is 0.0545. The van der Waals surface area contributed by atoms with E-state index in [2.05, 4.69) is 23.5 Å². The molecule has 0 spiro atoms. The molecule has 2 N–H and O–H groups in total. The molecule has 0 aromatic heterocycles. The molecule has 3 atom stereocenters. The summed E-state index contributed by atoms with van der Waals surface area (Å²) in [7, 11) is 1.66. The maximum Gasteiger partial charge on any atom is 0.336 e. The molecule has 24 heavy (non-hydrogen) atoms. The Bertz CT molecular complexity index is 827. The number of carboxylic acids is 1. The molecular weight excluding hydrogens is 302 g/mol. The van der Waals surface area contributed by atoms with E-state index in [9.17, 15) is 9.90 Å². The zero-order valence-corrected chi connectivity index (χ0v) is 13.4. The average Bonchev–Trinajstić information content (AvgIpc) is 3.10. The summed E-state index contributed by atoms with van der Waals surface area (Å²) in [5.41, 5.74) is 3.38. The van der Waals surface area contributed by atoms with E-state index in [1.165, 1.54) is 5.56 Å². The Hall–Kier alpha value is -2.75. The third kappa shape index (κ3) is 2.18. The highest BCUT2D eigenvalue weighted by molar-refractivity contribution is 5.90. The molecule has 0 unspecified atom stereocenters.